The third-order valence-corrected chi connectivity index (χ3v) is 5.63. The van der Waals surface area contributed by atoms with Gasteiger partial charge in [0.2, 0.25) is 0 Å². The lowest BCUT2D eigenvalue weighted by molar-refractivity contribution is 0.571. The van der Waals surface area contributed by atoms with Crippen molar-refractivity contribution in [1.29, 1.82) is 0 Å². The Morgan fingerprint density at radius 1 is 1.35 bits per heavy atom. The monoisotopic (exact) mass is 317 g/mol. The Hall–Kier alpha value is -0.390. The highest BCUT2D eigenvalue weighted by atomic mass is 79.9. The van der Waals surface area contributed by atoms with Crippen molar-refractivity contribution in [1.82, 2.24) is 5.32 Å². The summed E-state index contributed by atoms with van der Waals surface area (Å²) in [5.74, 6) is 0. The molecule has 1 N–H and O–H groups in total. The molecular weight excluding hydrogens is 302 g/mol. The van der Waals surface area contributed by atoms with Crippen molar-refractivity contribution in [2.24, 2.45) is 0 Å². The van der Waals surface area contributed by atoms with Gasteiger partial charge in [-0.15, -0.1) is 0 Å². The van der Waals surface area contributed by atoms with E-state index >= 15 is 0 Å². The highest BCUT2D eigenvalue weighted by Gasteiger charge is 2.26. The maximum absolute atomic E-state index is 12.2. The standard InChI is InChI=1S/C12H16BrNO2S/c1-9(8-14-11-4-5-11)17(15,16)12-6-2-10(13)3-7-12/h2-3,6-7,9,11,14H,4-5,8H2,1H3. The quantitative estimate of drug-likeness (QED) is 0.906. The molecule has 0 heterocycles. The molecule has 17 heavy (non-hydrogen) atoms. The molecule has 1 aromatic rings. The van der Waals surface area contributed by atoms with Crippen LogP contribution in [0.4, 0.5) is 0 Å². The predicted octanol–water partition coefficient (Wildman–Crippen LogP) is 2.36. The van der Waals surface area contributed by atoms with Crippen molar-refractivity contribution in [3.8, 4) is 0 Å². The van der Waals surface area contributed by atoms with E-state index in [4.69, 9.17) is 0 Å². The van der Waals surface area contributed by atoms with Crippen LogP contribution in [0.25, 0.3) is 0 Å². The number of benzene rings is 1. The summed E-state index contributed by atoms with van der Waals surface area (Å²) in [5, 5.41) is 2.87. The largest absolute Gasteiger partial charge is 0.313 e. The van der Waals surface area contributed by atoms with E-state index in [2.05, 4.69) is 21.2 Å². The summed E-state index contributed by atoms with van der Waals surface area (Å²) in [4.78, 5) is 0.394. The lowest BCUT2D eigenvalue weighted by atomic mass is 10.4. The van der Waals surface area contributed by atoms with E-state index in [-0.39, 0.29) is 5.25 Å². The predicted molar refractivity (Wildman–Crippen MR) is 71.8 cm³/mol. The Bertz CT molecular complexity index is 480. The van der Waals surface area contributed by atoms with Crippen molar-refractivity contribution in [2.45, 2.75) is 36.0 Å². The molecule has 1 aliphatic rings. The Balaban J connectivity index is 2.07. The fraction of sp³-hybridized carbons (Fsp3) is 0.500. The molecule has 0 spiro atoms. The molecule has 1 atom stereocenters. The number of hydrogen-bond donors (Lipinski definition) is 1. The normalized spacial score (nSPS) is 18.0. The van der Waals surface area contributed by atoms with Crippen molar-refractivity contribution in [3.63, 3.8) is 0 Å². The molecule has 0 aromatic heterocycles. The van der Waals surface area contributed by atoms with Crippen molar-refractivity contribution < 1.29 is 8.42 Å². The van der Waals surface area contributed by atoms with Gasteiger partial charge in [-0.25, -0.2) is 8.42 Å². The molecule has 1 saturated carbocycles. The highest BCUT2D eigenvalue weighted by Crippen LogP contribution is 2.21. The summed E-state index contributed by atoms with van der Waals surface area (Å²) in [6.45, 7) is 2.29. The van der Waals surface area contributed by atoms with Gasteiger partial charge < -0.3 is 5.32 Å². The van der Waals surface area contributed by atoms with Crippen LogP contribution in [0.1, 0.15) is 19.8 Å². The second-order valence-electron chi connectivity index (χ2n) is 4.49. The zero-order chi connectivity index (χ0) is 12.5. The average molecular weight is 318 g/mol. The molecular formula is C12H16BrNO2S. The molecule has 0 bridgehead atoms. The van der Waals surface area contributed by atoms with E-state index in [0.717, 1.165) is 4.47 Å². The first-order chi connectivity index (χ1) is 8.00. The van der Waals surface area contributed by atoms with Crippen molar-refractivity contribution >= 4 is 25.8 Å². The van der Waals surface area contributed by atoms with Crippen molar-refractivity contribution in [3.05, 3.63) is 28.7 Å². The summed E-state index contributed by atoms with van der Waals surface area (Å²) < 4.78 is 25.3. The molecule has 1 unspecified atom stereocenters. The number of rotatable bonds is 5. The van der Waals surface area contributed by atoms with Crippen LogP contribution >= 0.6 is 15.9 Å². The summed E-state index contributed by atoms with van der Waals surface area (Å²) >= 11 is 3.30. The minimum Gasteiger partial charge on any atom is -0.313 e. The SMILES string of the molecule is CC(CNC1CC1)S(=O)(=O)c1ccc(Br)cc1. The van der Waals surface area contributed by atoms with Gasteiger partial charge in [0.25, 0.3) is 0 Å². The number of sulfone groups is 1. The van der Waals surface area contributed by atoms with E-state index in [1.54, 1.807) is 31.2 Å². The third kappa shape index (κ3) is 3.30. The van der Waals surface area contributed by atoms with Crippen LogP contribution in [0.15, 0.2) is 33.6 Å². The van der Waals surface area contributed by atoms with Gasteiger partial charge in [0.1, 0.15) is 0 Å². The zero-order valence-electron chi connectivity index (χ0n) is 9.69. The van der Waals surface area contributed by atoms with Gasteiger partial charge in [0.05, 0.1) is 10.1 Å². The first-order valence-electron chi connectivity index (χ1n) is 5.73. The molecule has 0 saturated heterocycles. The molecule has 94 valence electrons. The summed E-state index contributed by atoms with van der Waals surface area (Å²) in [5.41, 5.74) is 0. The van der Waals surface area contributed by atoms with Crippen LogP contribution in [-0.4, -0.2) is 26.3 Å². The maximum Gasteiger partial charge on any atom is 0.182 e. The van der Waals surface area contributed by atoms with Gasteiger partial charge in [-0.3, -0.25) is 0 Å². The highest BCUT2D eigenvalue weighted by molar-refractivity contribution is 9.10. The topological polar surface area (TPSA) is 46.2 Å². The summed E-state index contributed by atoms with van der Waals surface area (Å²) in [6.07, 6.45) is 2.34. The fourth-order valence-electron chi connectivity index (χ4n) is 1.59. The molecule has 0 radical (unpaired) electrons. The Morgan fingerprint density at radius 2 is 1.94 bits per heavy atom. The van der Waals surface area contributed by atoms with Crippen LogP contribution < -0.4 is 5.32 Å². The first kappa shape index (κ1) is 13.1. The Kier molecular flexibility index (Phi) is 3.90. The summed E-state index contributed by atoms with van der Waals surface area (Å²) in [6, 6.07) is 7.35. The molecule has 1 aromatic carbocycles. The molecule has 1 fully saturated rings. The fourth-order valence-corrected chi connectivity index (χ4v) is 3.15. The lowest BCUT2D eigenvalue weighted by Crippen LogP contribution is -2.32. The smallest absolute Gasteiger partial charge is 0.182 e. The van der Waals surface area contributed by atoms with Gasteiger partial charge in [-0.05, 0) is 44.0 Å². The van der Waals surface area contributed by atoms with Crippen LogP contribution in [0.3, 0.4) is 0 Å². The van der Waals surface area contributed by atoms with Gasteiger partial charge in [0.15, 0.2) is 9.84 Å². The van der Waals surface area contributed by atoms with E-state index in [1.165, 1.54) is 12.8 Å². The van der Waals surface area contributed by atoms with E-state index < -0.39 is 9.84 Å². The van der Waals surface area contributed by atoms with Crippen LogP contribution in [-0.2, 0) is 9.84 Å². The molecule has 0 aliphatic heterocycles. The lowest BCUT2D eigenvalue weighted by Gasteiger charge is -2.13. The van der Waals surface area contributed by atoms with Crippen molar-refractivity contribution in [2.75, 3.05) is 6.54 Å². The van der Waals surface area contributed by atoms with E-state index in [0.29, 0.717) is 17.5 Å². The first-order valence-corrected chi connectivity index (χ1v) is 8.07. The molecule has 2 rings (SSSR count). The van der Waals surface area contributed by atoms with Gasteiger partial charge >= 0.3 is 0 Å². The average Bonchev–Trinajstić information content (AvgIpc) is 3.10. The molecule has 1 aliphatic carbocycles. The minimum absolute atomic E-state index is 0.385. The second kappa shape index (κ2) is 5.08. The number of nitrogens with one attached hydrogen (secondary N) is 1. The number of hydrogen-bond acceptors (Lipinski definition) is 3. The third-order valence-electron chi connectivity index (χ3n) is 2.94. The maximum atomic E-state index is 12.2. The van der Waals surface area contributed by atoms with Gasteiger partial charge in [0, 0.05) is 17.1 Å². The molecule has 0 amide bonds. The van der Waals surface area contributed by atoms with Crippen LogP contribution in [0.5, 0.6) is 0 Å². The Labute approximate surface area is 111 Å². The number of halogens is 1. The minimum atomic E-state index is -3.21. The van der Waals surface area contributed by atoms with Gasteiger partial charge in [-0.2, -0.15) is 0 Å². The van der Waals surface area contributed by atoms with Crippen LogP contribution in [0.2, 0.25) is 0 Å². The Morgan fingerprint density at radius 3 is 2.47 bits per heavy atom. The molecule has 3 nitrogen and oxygen atoms in total. The van der Waals surface area contributed by atoms with Crippen LogP contribution in [0, 0.1) is 0 Å². The van der Waals surface area contributed by atoms with E-state index in [1.807, 2.05) is 0 Å². The molecule has 5 heteroatoms. The summed E-state index contributed by atoms with van der Waals surface area (Å²) in [7, 11) is -3.21. The van der Waals surface area contributed by atoms with E-state index in [9.17, 15) is 8.42 Å². The second-order valence-corrected chi connectivity index (χ2v) is 7.77. The van der Waals surface area contributed by atoms with Gasteiger partial charge in [-0.1, -0.05) is 15.9 Å². The zero-order valence-corrected chi connectivity index (χ0v) is 12.1.